The molecule has 1 saturated heterocycles. The maximum absolute atomic E-state index is 13.9. The number of carbonyl (C=O) groups excluding carboxylic acids is 1. The van der Waals surface area contributed by atoms with Gasteiger partial charge in [-0.25, -0.2) is 18.9 Å². The number of anilines is 2. The first kappa shape index (κ1) is 22.0. The molecule has 3 heterocycles. The molecule has 1 spiro atoms. The average Bonchev–Trinajstić information content (AvgIpc) is 3.39. The quantitative estimate of drug-likeness (QED) is 0.616. The van der Waals surface area contributed by atoms with E-state index < -0.39 is 5.60 Å². The fraction of sp³-hybridized carbons (Fsp3) is 0.364. The van der Waals surface area contributed by atoms with Crippen LogP contribution < -0.4 is 10.2 Å². The summed E-state index contributed by atoms with van der Waals surface area (Å²) in [5.74, 6) is 1.38. The summed E-state index contributed by atoms with van der Waals surface area (Å²) in [5.41, 5.74) is -0.0248. The minimum absolute atomic E-state index is 0. The summed E-state index contributed by atoms with van der Waals surface area (Å²) in [4.78, 5) is 22.2. The Labute approximate surface area is 191 Å². The second kappa shape index (κ2) is 9.12. The van der Waals surface area contributed by atoms with Gasteiger partial charge in [0.2, 0.25) is 0 Å². The van der Waals surface area contributed by atoms with Crippen LogP contribution in [0.2, 0.25) is 0 Å². The lowest BCUT2D eigenvalue weighted by molar-refractivity contribution is 0.0148. The van der Waals surface area contributed by atoms with Gasteiger partial charge in [-0.05, 0) is 43.7 Å². The van der Waals surface area contributed by atoms with E-state index >= 15 is 0 Å². The van der Waals surface area contributed by atoms with E-state index in [2.05, 4.69) is 20.4 Å². The van der Waals surface area contributed by atoms with Gasteiger partial charge in [0.15, 0.2) is 5.82 Å². The van der Waals surface area contributed by atoms with Crippen molar-refractivity contribution in [1.82, 2.24) is 19.7 Å². The van der Waals surface area contributed by atoms with Gasteiger partial charge in [-0.2, -0.15) is 5.10 Å². The third-order valence-electron chi connectivity index (χ3n) is 6.07. The molecule has 1 aliphatic heterocycles. The van der Waals surface area contributed by atoms with Crippen molar-refractivity contribution in [1.29, 1.82) is 0 Å². The number of nitrogens with zero attached hydrogens (tertiary/aromatic N) is 5. The van der Waals surface area contributed by atoms with Crippen LogP contribution in [0.1, 0.15) is 25.7 Å². The number of hydrogen-bond acceptors (Lipinski definition) is 6. The average molecular weight is 459 g/mol. The number of hydrogen-bond donors (Lipinski definition) is 1. The molecule has 1 saturated carbocycles. The highest BCUT2D eigenvalue weighted by Gasteiger charge is 2.48. The summed E-state index contributed by atoms with van der Waals surface area (Å²) in [5, 5.41) is 7.78. The first-order valence-corrected chi connectivity index (χ1v) is 10.4. The number of amides is 1. The summed E-state index contributed by atoms with van der Waals surface area (Å²) < 4.78 is 21.3. The lowest BCUT2D eigenvalue weighted by Gasteiger charge is -2.35. The van der Waals surface area contributed by atoms with Crippen LogP contribution in [-0.2, 0) is 4.74 Å². The van der Waals surface area contributed by atoms with Crippen LogP contribution in [0.25, 0.3) is 5.69 Å². The third-order valence-corrected chi connectivity index (χ3v) is 6.07. The molecule has 2 aliphatic rings. The second-order valence-corrected chi connectivity index (χ2v) is 8.12. The Morgan fingerprint density at radius 3 is 2.75 bits per heavy atom. The Hall–Kier alpha value is -3.20. The number of benzene rings is 1. The zero-order chi connectivity index (χ0) is 21.3. The third kappa shape index (κ3) is 4.38. The fourth-order valence-corrected chi connectivity index (χ4v) is 4.34. The van der Waals surface area contributed by atoms with E-state index in [9.17, 15) is 9.18 Å². The molecule has 1 aromatic carbocycles. The molecule has 5 rings (SSSR count). The highest BCUT2D eigenvalue weighted by molar-refractivity contribution is 5.89. The first-order chi connectivity index (χ1) is 15.1. The molecule has 10 heteroatoms. The molecular weight excluding hydrogens is 435 g/mol. The molecule has 1 aliphatic carbocycles. The molecule has 168 valence electrons. The maximum atomic E-state index is 13.9. The van der Waals surface area contributed by atoms with Crippen molar-refractivity contribution in [2.75, 3.05) is 23.3 Å². The SMILES string of the molecule is Cl.O=C1OC2(CCC(CNc3ccn(-c4ccccc4F)n3)CC2)CN1c1cnccn1. The number of rotatable bonds is 5. The lowest BCUT2D eigenvalue weighted by atomic mass is 9.78. The summed E-state index contributed by atoms with van der Waals surface area (Å²) in [7, 11) is 0. The Balaban J connectivity index is 0.00000245. The van der Waals surface area contributed by atoms with Gasteiger partial charge in [0.1, 0.15) is 22.9 Å². The predicted molar refractivity (Wildman–Crippen MR) is 120 cm³/mol. The van der Waals surface area contributed by atoms with E-state index in [1.807, 2.05) is 6.07 Å². The van der Waals surface area contributed by atoms with Crippen LogP contribution in [0.3, 0.4) is 0 Å². The fourth-order valence-electron chi connectivity index (χ4n) is 4.34. The molecule has 3 aromatic rings. The topological polar surface area (TPSA) is 85.2 Å². The van der Waals surface area contributed by atoms with Crippen molar-refractivity contribution in [3.8, 4) is 5.69 Å². The van der Waals surface area contributed by atoms with E-state index in [1.54, 1.807) is 47.9 Å². The molecule has 2 fully saturated rings. The summed E-state index contributed by atoms with van der Waals surface area (Å²) in [6.45, 7) is 1.28. The number of aromatic nitrogens is 4. The molecule has 0 atom stereocenters. The van der Waals surface area contributed by atoms with Crippen molar-refractivity contribution in [3.63, 3.8) is 0 Å². The van der Waals surface area contributed by atoms with Gasteiger partial charge in [-0.1, -0.05) is 12.1 Å². The molecule has 0 radical (unpaired) electrons. The van der Waals surface area contributed by atoms with Crippen molar-refractivity contribution in [2.45, 2.75) is 31.3 Å². The maximum Gasteiger partial charge on any atom is 0.416 e. The van der Waals surface area contributed by atoms with Crippen molar-refractivity contribution >= 4 is 30.1 Å². The van der Waals surface area contributed by atoms with E-state index in [0.717, 1.165) is 32.2 Å². The second-order valence-electron chi connectivity index (χ2n) is 8.12. The lowest BCUT2D eigenvalue weighted by Crippen LogP contribution is -2.39. The van der Waals surface area contributed by atoms with Crippen LogP contribution in [0, 0.1) is 11.7 Å². The molecule has 8 nitrogen and oxygen atoms in total. The minimum atomic E-state index is -0.447. The summed E-state index contributed by atoms with van der Waals surface area (Å²) in [6, 6.07) is 8.40. The van der Waals surface area contributed by atoms with Crippen molar-refractivity contribution < 1.29 is 13.9 Å². The van der Waals surface area contributed by atoms with Crippen LogP contribution in [0.15, 0.2) is 55.1 Å². The molecule has 1 amide bonds. The van der Waals surface area contributed by atoms with Crippen molar-refractivity contribution in [2.24, 2.45) is 5.92 Å². The molecule has 32 heavy (non-hydrogen) atoms. The van der Waals surface area contributed by atoms with Gasteiger partial charge in [-0.3, -0.25) is 9.88 Å². The van der Waals surface area contributed by atoms with Gasteiger partial charge in [0, 0.05) is 31.2 Å². The number of nitrogens with one attached hydrogen (secondary N) is 1. The monoisotopic (exact) mass is 458 g/mol. The Kier molecular flexibility index (Phi) is 6.27. The Morgan fingerprint density at radius 1 is 1.19 bits per heavy atom. The highest BCUT2D eigenvalue weighted by Crippen LogP contribution is 2.40. The van der Waals surface area contributed by atoms with Crippen LogP contribution in [0.4, 0.5) is 20.8 Å². The standard InChI is InChI=1S/C22H23FN6O2.ClH/c23-17-3-1-2-4-18(17)29-12-7-19(27-29)26-13-16-5-8-22(9-6-16)15-28(21(30)31-22)20-14-24-10-11-25-20;/h1-4,7,10-12,14,16H,5-6,8-9,13,15H2,(H,26,27);1H. The van der Waals surface area contributed by atoms with E-state index in [0.29, 0.717) is 29.8 Å². The molecule has 2 aromatic heterocycles. The number of para-hydroxylation sites is 1. The highest BCUT2D eigenvalue weighted by atomic mass is 35.5. The normalized spacial score (nSPS) is 22.5. The Bertz CT molecular complexity index is 1070. The van der Waals surface area contributed by atoms with Gasteiger partial charge in [0.05, 0.1) is 12.7 Å². The van der Waals surface area contributed by atoms with E-state index in [-0.39, 0.29) is 24.3 Å². The van der Waals surface area contributed by atoms with Crippen molar-refractivity contribution in [3.05, 3.63) is 60.9 Å². The molecular formula is C22H24ClFN6O2. The predicted octanol–water partition coefficient (Wildman–Crippen LogP) is 4.22. The van der Waals surface area contributed by atoms with E-state index in [4.69, 9.17) is 4.74 Å². The van der Waals surface area contributed by atoms with E-state index in [1.165, 1.54) is 10.7 Å². The number of halogens is 2. The largest absolute Gasteiger partial charge is 0.441 e. The molecule has 0 bridgehead atoms. The van der Waals surface area contributed by atoms with Crippen LogP contribution in [-0.4, -0.2) is 44.5 Å². The van der Waals surface area contributed by atoms with Gasteiger partial charge in [-0.15, -0.1) is 12.4 Å². The summed E-state index contributed by atoms with van der Waals surface area (Å²) in [6.07, 6.45) is 9.65. The first-order valence-electron chi connectivity index (χ1n) is 10.4. The van der Waals surface area contributed by atoms with Crippen LogP contribution >= 0.6 is 12.4 Å². The number of carbonyl (C=O) groups is 1. The van der Waals surface area contributed by atoms with Gasteiger partial charge in [0.25, 0.3) is 0 Å². The Morgan fingerprint density at radius 2 is 2.00 bits per heavy atom. The minimum Gasteiger partial charge on any atom is -0.441 e. The zero-order valence-corrected chi connectivity index (χ0v) is 18.2. The molecule has 1 N–H and O–H groups in total. The van der Waals surface area contributed by atoms with Crippen LogP contribution in [0.5, 0.6) is 0 Å². The van der Waals surface area contributed by atoms with Gasteiger partial charge >= 0.3 is 6.09 Å². The summed E-state index contributed by atoms with van der Waals surface area (Å²) >= 11 is 0. The molecule has 0 unspecified atom stereocenters. The van der Waals surface area contributed by atoms with Gasteiger partial charge < -0.3 is 10.1 Å². The zero-order valence-electron chi connectivity index (χ0n) is 17.4. The number of ether oxygens (including phenoxy) is 1. The smallest absolute Gasteiger partial charge is 0.416 e.